The molecule has 21 heavy (non-hydrogen) atoms. The van der Waals surface area contributed by atoms with E-state index in [1.807, 2.05) is 31.1 Å². The van der Waals surface area contributed by atoms with Crippen molar-refractivity contribution in [3.05, 3.63) is 23.8 Å². The van der Waals surface area contributed by atoms with Crippen LogP contribution < -0.4 is 9.80 Å². The molecule has 1 aliphatic heterocycles. The van der Waals surface area contributed by atoms with E-state index in [9.17, 15) is 9.59 Å². The zero-order valence-corrected chi connectivity index (χ0v) is 13.3. The summed E-state index contributed by atoms with van der Waals surface area (Å²) in [6.45, 7) is 0. The van der Waals surface area contributed by atoms with E-state index in [2.05, 4.69) is 10.2 Å². The van der Waals surface area contributed by atoms with Gasteiger partial charge in [-0.05, 0) is 18.2 Å². The zero-order chi connectivity index (χ0) is 15.1. The van der Waals surface area contributed by atoms with Crippen molar-refractivity contribution in [2.45, 2.75) is 9.24 Å². The van der Waals surface area contributed by atoms with Gasteiger partial charge in [-0.2, -0.15) is 0 Å². The number of amides is 1. The van der Waals surface area contributed by atoms with E-state index in [-0.39, 0.29) is 0 Å². The van der Waals surface area contributed by atoms with Gasteiger partial charge >= 0.3 is 0 Å². The molecule has 2 heterocycles. The average molecular weight is 320 g/mol. The molecular formula is C13H12N4O2S2. The molecule has 0 saturated heterocycles. The molecule has 2 aromatic rings. The second-order valence-corrected chi connectivity index (χ2v) is 7.00. The maximum absolute atomic E-state index is 11.7. The number of rotatable bonds is 3. The topological polar surface area (TPSA) is 66.4 Å². The number of anilines is 2. The number of ketones is 1. The number of likely N-dealkylation sites (N-methyl/N-ethyl adjacent to an activating group) is 1. The smallest absolute Gasteiger partial charge is 0.299 e. The molecule has 0 aliphatic carbocycles. The molecule has 0 spiro atoms. The van der Waals surface area contributed by atoms with E-state index in [1.54, 1.807) is 13.1 Å². The van der Waals surface area contributed by atoms with Crippen LogP contribution in [-0.2, 0) is 4.79 Å². The Labute approximate surface area is 129 Å². The molecule has 0 bridgehead atoms. The summed E-state index contributed by atoms with van der Waals surface area (Å²) >= 11 is 2.96. The second-order valence-electron chi connectivity index (χ2n) is 4.72. The number of carbonyl (C=O) groups is 2. The number of hydrogen-bond acceptors (Lipinski definition) is 7. The first-order valence-corrected chi connectivity index (χ1v) is 7.76. The first-order valence-electron chi connectivity index (χ1n) is 6.12. The molecule has 0 radical (unpaired) electrons. The fraction of sp³-hybridized carbons (Fsp3) is 0.231. The molecule has 8 heteroatoms. The minimum atomic E-state index is -0.488. The molecule has 1 aliphatic rings. The van der Waals surface area contributed by atoms with Crippen LogP contribution in [0, 0.1) is 0 Å². The number of benzene rings is 1. The molecule has 1 aromatic heterocycles. The van der Waals surface area contributed by atoms with E-state index < -0.39 is 11.7 Å². The molecule has 1 aromatic carbocycles. The normalized spacial score (nSPS) is 13.8. The Morgan fingerprint density at radius 3 is 2.67 bits per heavy atom. The highest BCUT2D eigenvalue weighted by atomic mass is 32.2. The van der Waals surface area contributed by atoms with Gasteiger partial charge in [0.1, 0.15) is 0 Å². The summed E-state index contributed by atoms with van der Waals surface area (Å²) in [6, 6.07) is 5.35. The fourth-order valence-corrected chi connectivity index (χ4v) is 3.72. The van der Waals surface area contributed by atoms with Gasteiger partial charge in [-0.15, -0.1) is 10.2 Å². The van der Waals surface area contributed by atoms with Crippen molar-refractivity contribution < 1.29 is 9.59 Å². The SMILES string of the molecule is CN(C)c1nnc(Sc2ccc3c(c2)N(C)C(=O)C3=O)s1. The number of Topliss-reactive ketones (excluding diaryl/α,β-unsaturated/α-hetero) is 1. The Hall–Kier alpha value is -1.93. The van der Waals surface area contributed by atoms with Crippen LogP contribution in [0.3, 0.4) is 0 Å². The summed E-state index contributed by atoms with van der Waals surface area (Å²) in [5.41, 5.74) is 1.10. The highest BCUT2D eigenvalue weighted by Gasteiger charge is 2.33. The molecule has 6 nitrogen and oxygen atoms in total. The lowest BCUT2D eigenvalue weighted by atomic mass is 10.1. The van der Waals surface area contributed by atoms with Crippen molar-refractivity contribution in [2.24, 2.45) is 0 Å². The van der Waals surface area contributed by atoms with E-state index in [0.717, 1.165) is 14.4 Å². The van der Waals surface area contributed by atoms with E-state index in [0.29, 0.717) is 11.3 Å². The van der Waals surface area contributed by atoms with Gasteiger partial charge in [0.05, 0.1) is 11.3 Å². The Morgan fingerprint density at radius 1 is 1.24 bits per heavy atom. The summed E-state index contributed by atoms with van der Waals surface area (Å²) in [7, 11) is 5.43. The van der Waals surface area contributed by atoms with Gasteiger partial charge in [-0.25, -0.2) is 0 Å². The van der Waals surface area contributed by atoms with Crippen LogP contribution in [0.1, 0.15) is 10.4 Å². The van der Waals surface area contributed by atoms with Crippen molar-refractivity contribution >= 4 is 45.6 Å². The van der Waals surface area contributed by atoms with Crippen molar-refractivity contribution in [3.63, 3.8) is 0 Å². The van der Waals surface area contributed by atoms with Crippen molar-refractivity contribution in [2.75, 3.05) is 30.9 Å². The highest BCUT2D eigenvalue weighted by Crippen LogP contribution is 2.37. The third kappa shape index (κ3) is 2.40. The molecular weight excluding hydrogens is 308 g/mol. The van der Waals surface area contributed by atoms with Gasteiger partial charge in [0.15, 0.2) is 4.34 Å². The van der Waals surface area contributed by atoms with Crippen LogP contribution in [-0.4, -0.2) is 43.0 Å². The highest BCUT2D eigenvalue weighted by molar-refractivity contribution is 8.01. The van der Waals surface area contributed by atoms with Gasteiger partial charge in [0.2, 0.25) is 5.13 Å². The van der Waals surface area contributed by atoms with E-state index in [4.69, 9.17) is 0 Å². The predicted molar refractivity (Wildman–Crippen MR) is 82.5 cm³/mol. The molecule has 0 unspecified atom stereocenters. The summed E-state index contributed by atoms with van der Waals surface area (Å²) in [4.78, 5) is 27.6. The van der Waals surface area contributed by atoms with E-state index in [1.165, 1.54) is 28.0 Å². The van der Waals surface area contributed by atoms with Crippen molar-refractivity contribution in [3.8, 4) is 0 Å². The van der Waals surface area contributed by atoms with Gasteiger partial charge < -0.3 is 9.80 Å². The van der Waals surface area contributed by atoms with Gasteiger partial charge in [0.25, 0.3) is 11.7 Å². The molecule has 0 atom stereocenters. The Bertz CT molecular complexity index is 742. The Balaban J connectivity index is 1.88. The van der Waals surface area contributed by atoms with Gasteiger partial charge in [0, 0.05) is 26.0 Å². The van der Waals surface area contributed by atoms with E-state index >= 15 is 0 Å². The van der Waals surface area contributed by atoms with Gasteiger partial charge in [-0.1, -0.05) is 23.1 Å². The fourth-order valence-electron chi connectivity index (χ4n) is 1.95. The maximum atomic E-state index is 11.7. The zero-order valence-electron chi connectivity index (χ0n) is 11.7. The van der Waals surface area contributed by atoms with Crippen LogP contribution in [0.15, 0.2) is 27.4 Å². The Kier molecular flexibility index (Phi) is 3.42. The number of carbonyl (C=O) groups excluding carboxylic acids is 2. The molecule has 0 fully saturated rings. The molecule has 108 valence electrons. The predicted octanol–water partition coefficient (Wildman–Crippen LogP) is 1.91. The summed E-state index contributed by atoms with van der Waals surface area (Å²) in [5.74, 6) is -0.937. The van der Waals surface area contributed by atoms with Crippen molar-refractivity contribution in [1.29, 1.82) is 0 Å². The van der Waals surface area contributed by atoms with Gasteiger partial charge in [-0.3, -0.25) is 9.59 Å². The molecule has 0 N–H and O–H groups in total. The van der Waals surface area contributed by atoms with Crippen LogP contribution in [0.25, 0.3) is 0 Å². The minimum absolute atomic E-state index is 0.449. The summed E-state index contributed by atoms with van der Waals surface area (Å²) in [5, 5.41) is 9.03. The van der Waals surface area contributed by atoms with Crippen LogP contribution in [0.4, 0.5) is 10.8 Å². The first-order chi connectivity index (χ1) is 9.97. The second kappa shape index (κ2) is 5.12. The standard InChI is InChI=1S/C13H12N4O2S2/c1-16(2)12-14-15-13(21-12)20-7-4-5-8-9(6-7)17(3)11(19)10(8)18/h4-6H,1-3H3. The lowest BCUT2D eigenvalue weighted by Crippen LogP contribution is -2.24. The molecule has 0 saturated carbocycles. The third-order valence-corrected chi connectivity index (χ3v) is 5.19. The van der Waals surface area contributed by atoms with Crippen molar-refractivity contribution in [1.82, 2.24) is 10.2 Å². The Morgan fingerprint density at radius 2 is 2.00 bits per heavy atom. The number of hydrogen-bond donors (Lipinski definition) is 0. The van der Waals surface area contributed by atoms with Crippen LogP contribution >= 0.6 is 23.1 Å². The number of aromatic nitrogens is 2. The first kappa shape index (κ1) is 14.0. The van der Waals surface area contributed by atoms with Crippen LogP contribution in [0.2, 0.25) is 0 Å². The monoisotopic (exact) mass is 320 g/mol. The summed E-state index contributed by atoms with van der Waals surface area (Å²) < 4.78 is 0.817. The molecule has 3 rings (SSSR count). The minimum Gasteiger partial charge on any atom is -0.353 e. The third-order valence-electron chi connectivity index (χ3n) is 3.06. The molecule has 1 amide bonds. The summed E-state index contributed by atoms with van der Waals surface area (Å²) in [6.07, 6.45) is 0. The quantitative estimate of drug-likeness (QED) is 0.805. The number of fused-ring (bicyclic) bond motifs is 1. The lowest BCUT2D eigenvalue weighted by molar-refractivity contribution is -0.114. The largest absolute Gasteiger partial charge is 0.353 e. The maximum Gasteiger partial charge on any atom is 0.299 e. The van der Waals surface area contributed by atoms with Crippen LogP contribution in [0.5, 0.6) is 0 Å². The average Bonchev–Trinajstić information content (AvgIpc) is 3.00. The number of nitrogens with zero attached hydrogens (tertiary/aromatic N) is 4. The lowest BCUT2D eigenvalue weighted by Gasteiger charge is -2.09.